The lowest BCUT2D eigenvalue weighted by Crippen LogP contribution is -2.47. The summed E-state index contributed by atoms with van der Waals surface area (Å²) >= 11 is 0. The highest BCUT2D eigenvalue weighted by Crippen LogP contribution is 2.16. The van der Waals surface area contributed by atoms with E-state index in [1.54, 1.807) is 0 Å². The van der Waals surface area contributed by atoms with Crippen LogP contribution in [0.25, 0.3) is 0 Å². The van der Waals surface area contributed by atoms with Crippen molar-refractivity contribution in [2.75, 3.05) is 13.2 Å². The summed E-state index contributed by atoms with van der Waals surface area (Å²) in [5.74, 6) is -2.32. The minimum atomic E-state index is -1.38. The Morgan fingerprint density at radius 2 is 0.982 bits per heavy atom. The number of hydrogen-bond donors (Lipinski definition) is 4. The van der Waals surface area contributed by atoms with Crippen molar-refractivity contribution in [3.05, 3.63) is 24.3 Å². The van der Waals surface area contributed by atoms with Gasteiger partial charge in [-0.3, -0.25) is 14.4 Å². The Morgan fingerprint density at radius 1 is 0.545 bits per heavy atom. The molecule has 0 aliphatic carbocycles. The summed E-state index contributed by atoms with van der Waals surface area (Å²) in [7, 11) is 0. The third-order valence-electron chi connectivity index (χ3n) is 10.2. The van der Waals surface area contributed by atoms with Gasteiger partial charge in [0.2, 0.25) is 11.8 Å². The molecule has 9 heteroatoms. The van der Waals surface area contributed by atoms with Crippen molar-refractivity contribution in [1.29, 1.82) is 0 Å². The molecule has 0 aromatic carbocycles. The van der Waals surface area contributed by atoms with Gasteiger partial charge in [-0.05, 0) is 70.3 Å². The minimum Gasteiger partial charge on any atom is -0.480 e. The topological polar surface area (TPSA) is 142 Å². The number of aliphatic hydroxyl groups excluding tert-OH is 1. The first-order chi connectivity index (χ1) is 26.8. The van der Waals surface area contributed by atoms with E-state index in [2.05, 4.69) is 48.8 Å². The fraction of sp³-hybridized carbons (Fsp3) is 0.826. The molecule has 2 unspecified atom stereocenters. The van der Waals surface area contributed by atoms with Crippen LogP contribution in [0, 0.1) is 0 Å². The molecule has 0 saturated heterocycles. The molecule has 0 fully saturated rings. The number of rotatable bonds is 41. The van der Waals surface area contributed by atoms with Gasteiger partial charge in [0.1, 0.15) is 12.1 Å². The molecule has 0 radical (unpaired) electrons. The van der Waals surface area contributed by atoms with Crippen molar-refractivity contribution in [2.24, 2.45) is 0 Å². The van der Waals surface area contributed by atoms with Gasteiger partial charge in [-0.15, -0.1) is 0 Å². The molecule has 0 heterocycles. The quantitative estimate of drug-likeness (QED) is 0.0275. The molecule has 4 N–H and O–H groups in total. The number of amides is 2. The zero-order chi connectivity index (χ0) is 40.5. The van der Waals surface area contributed by atoms with Crippen LogP contribution >= 0.6 is 0 Å². The van der Waals surface area contributed by atoms with Gasteiger partial charge in [0.05, 0.1) is 13.2 Å². The van der Waals surface area contributed by atoms with Crippen molar-refractivity contribution in [1.82, 2.24) is 10.6 Å². The van der Waals surface area contributed by atoms with Crippen LogP contribution in [0.5, 0.6) is 0 Å². The third kappa shape index (κ3) is 38.0. The molecule has 0 spiro atoms. The molecule has 0 bridgehead atoms. The summed E-state index contributed by atoms with van der Waals surface area (Å²) in [4.78, 5) is 47.4. The van der Waals surface area contributed by atoms with Crippen LogP contribution in [0.4, 0.5) is 0 Å². The fourth-order valence-corrected chi connectivity index (χ4v) is 6.62. The molecule has 0 aromatic heterocycles. The zero-order valence-electron chi connectivity index (χ0n) is 35.4. The van der Waals surface area contributed by atoms with E-state index in [0.29, 0.717) is 19.3 Å². The van der Waals surface area contributed by atoms with Crippen LogP contribution in [0.2, 0.25) is 0 Å². The van der Waals surface area contributed by atoms with Crippen molar-refractivity contribution >= 4 is 23.8 Å². The number of carboxylic acid groups (broad SMARTS) is 1. The molecule has 9 nitrogen and oxygen atoms in total. The standard InChI is InChI=1S/C46H84N2O7/c1-3-5-7-9-11-13-14-15-16-17-18-19-20-21-22-24-30-34-38-45(52)55-41(35-31-27-23-12-10-8-6-4-2)36-32-28-25-26-29-33-37-43(50)47-39-44(51)48-42(40-49)46(53)54/h16-17,31,35,41-42,49H,3-15,18-30,32-34,36-40H2,1-2H3,(H,47,50)(H,48,51)(H,53,54)/b17-16-,35-31-. The molecule has 2 amide bonds. The van der Waals surface area contributed by atoms with Gasteiger partial charge in [0.15, 0.2) is 0 Å². The Hall–Kier alpha value is -2.68. The average molecular weight is 777 g/mol. The van der Waals surface area contributed by atoms with Crippen LogP contribution in [0.1, 0.15) is 219 Å². The lowest BCUT2D eigenvalue weighted by Gasteiger charge is -2.15. The Morgan fingerprint density at radius 3 is 1.47 bits per heavy atom. The summed E-state index contributed by atoms with van der Waals surface area (Å²) in [5, 5.41) is 22.5. The molecule has 320 valence electrons. The van der Waals surface area contributed by atoms with Crippen molar-refractivity contribution < 1.29 is 34.1 Å². The van der Waals surface area contributed by atoms with Crippen LogP contribution in [-0.4, -0.2) is 59.3 Å². The average Bonchev–Trinajstić information content (AvgIpc) is 3.17. The molecule has 0 rings (SSSR count). The predicted octanol–water partition coefficient (Wildman–Crippen LogP) is 11.2. The second kappa shape index (κ2) is 41.0. The Bertz CT molecular complexity index is 983. The first-order valence-corrected chi connectivity index (χ1v) is 22.7. The maximum Gasteiger partial charge on any atom is 0.328 e. The van der Waals surface area contributed by atoms with E-state index in [1.807, 2.05) is 0 Å². The number of carbonyl (C=O) groups excluding carboxylic acids is 3. The van der Waals surface area contributed by atoms with Gasteiger partial charge in [-0.1, -0.05) is 160 Å². The van der Waals surface area contributed by atoms with E-state index >= 15 is 0 Å². The minimum absolute atomic E-state index is 0.0802. The number of carbonyl (C=O) groups is 4. The van der Waals surface area contributed by atoms with E-state index < -0.39 is 24.5 Å². The molecule has 0 saturated carbocycles. The van der Waals surface area contributed by atoms with Crippen LogP contribution in [0.3, 0.4) is 0 Å². The predicted molar refractivity (Wildman–Crippen MR) is 227 cm³/mol. The van der Waals surface area contributed by atoms with Crippen molar-refractivity contribution in [3.63, 3.8) is 0 Å². The van der Waals surface area contributed by atoms with Gasteiger partial charge in [0, 0.05) is 12.8 Å². The van der Waals surface area contributed by atoms with Gasteiger partial charge in [0.25, 0.3) is 0 Å². The smallest absolute Gasteiger partial charge is 0.328 e. The van der Waals surface area contributed by atoms with Crippen molar-refractivity contribution in [2.45, 2.75) is 231 Å². The number of allylic oxidation sites excluding steroid dienone is 3. The number of aliphatic hydroxyl groups is 1. The molecule has 0 aromatic rings. The van der Waals surface area contributed by atoms with Gasteiger partial charge in [-0.25, -0.2) is 4.79 Å². The molecule has 2 atom stereocenters. The zero-order valence-corrected chi connectivity index (χ0v) is 35.4. The van der Waals surface area contributed by atoms with E-state index in [9.17, 15) is 19.2 Å². The van der Waals surface area contributed by atoms with Crippen LogP contribution < -0.4 is 10.6 Å². The number of carboxylic acids is 1. The molecule has 55 heavy (non-hydrogen) atoms. The highest BCUT2D eigenvalue weighted by atomic mass is 16.5. The van der Waals surface area contributed by atoms with E-state index in [4.69, 9.17) is 14.9 Å². The normalized spacial score (nSPS) is 12.6. The van der Waals surface area contributed by atoms with Crippen molar-refractivity contribution in [3.8, 4) is 0 Å². The Labute approximate surface area is 336 Å². The number of unbranched alkanes of at least 4 members (excludes halogenated alkanes) is 25. The first kappa shape index (κ1) is 52.3. The molecular formula is C46H84N2O7. The fourth-order valence-electron chi connectivity index (χ4n) is 6.62. The highest BCUT2D eigenvalue weighted by molar-refractivity contribution is 5.87. The van der Waals surface area contributed by atoms with Crippen LogP contribution in [0.15, 0.2) is 24.3 Å². The second-order valence-corrected chi connectivity index (χ2v) is 15.5. The van der Waals surface area contributed by atoms with Gasteiger partial charge in [-0.2, -0.15) is 0 Å². The number of ether oxygens (including phenoxy) is 1. The lowest BCUT2D eigenvalue weighted by molar-refractivity contribution is -0.147. The number of esters is 1. The lowest BCUT2D eigenvalue weighted by atomic mass is 10.0. The summed E-state index contributed by atoms with van der Waals surface area (Å²) in [5.41, 5.74) is 0. The number of aliphatic carboxylic acids is 1. The Kier molecular flexibility index (Phi) is 39.0. The maximum absolute atomic E-state index is 12.7. The highest BCUT2D eigenvalue weighted by Gasteiger charge is 2.18. The molecule has 0 aliphatic heterocycles. The third-order valence-corrected chi connectivity index (χ3v) is 10.2. The molecule has 0 aliphatic rings. The van der Waals surface area contributed by atoms with Gasteiger partial charge < -0.3 is 25.6 Å². The van der Waals surface area contributed by atoms with E-state index in [0.717, 1.165) is 57.8 Å². The SMILES string of the molecule is CCCCCCCC/C=C\C(CCCCCCCCC(=O)NCC(=O)NC(CO)C(=O)O)OC(=O)CCCCCCCCC/C=C\CCCCCCCCC. The van der Waals surface area contributed by atoms with E-state index in [1.165, 1.54) is 128 Å². The number of nitrogens with one attached hydrogen (secondary N) is 2. The summed E-state index contributed by atoms with van der Waals surface area (Å²) in [6.07, 6.45) is 45.2. The summed E-state index contributed by atoms with van der Waals surface area (Å²) in [6, 6.07) is -1.38. The van der Waals surface area contributed by atoms with E-state index in [-0.39, 0.29) is 24.5 Å². The maximum atomic E-state index is 12.7. The summed E-state index contributed by atoms with van der Waals surface area (Å²) < 4.78 is 5.95. The largest absolute Gasteiger partial charge is 0.480 e. The summed E-state index contributed by atoms with van der Waals surface area (Å²) in [6.45, 7) is 3.48. The van der Waals surface area contributed by atoms with Crippen LogP contribution in [-0.2, 0) is 23.9 Å². The first-order valence-electron chi connectivity index (χ1n) is 22.7. The van der Waals surface area contributed by atoms with Gasteiger partial charge >= 0.3 is 11.9 Å². The Balaban J connectivity index is 4.17. The number of hydrogen-bond acceptors (Lipinski definition) is 6. The molecular weight excluding hydrogens is 693 g/mol. The second-order valence-electron chi connectivity index (χ2n) is 15.5. The monoisotopic (exact) mass is 777 g/mol.